The van der Waals surface area contributed by atoms with E-state index in [2.05, 4.69) is 4.90 Å². The van der Waals surface area contributed by atoms with Gasteiger partial charge in [0.1, 0.15) is 0 Å². The molecule has 0 spiro atoms. The fourth-order valence-corrected chi connectivity index (χ4v) is 5.55. The number of nitrogens with zero attached hydrogens (tertiary/aromatic N) is 2. The van der Waals surface area contributed by atoms with Crippen LogP contribution in [-0.4, -0.2) is 41.1 Å². The number of carbonyl (C=O) groups is 3. The van der Waals surface area contributed by atoms with Crippen molar-refractivity contribution >= 4 is 34.9 Å². The van der Waals surface area contributed by atoms with Gasteiger partial charge in [0.2, 0.25) is 11.8 Å². The zero-order chi connectivity index (χ0) is 21.2. The van der Waals surface area contributed by atoms with Crippen LogP contribution in [-0.2, 0) is 9.59 Å². The van der Waals surface area contributed by atoms with Crippen molar-refractivity contribution in [3.05, 3.63) is 64.2 Å². The molecule has 0 radical (unpaired) electrons. The first-order valence-corrected chi connectivity index (χ1v) is 10.8. The lowest BCUT2D eigenvalue weighted by Gasteiger charge is -2.27. The van der Waals surface area contributed by atoms with Gasteiger partial charge in [-0.2, -0.15) is 0 Å². The van der Waals surface area contributed by atoms with Crippen LogP contribution < -0.4 is 4.90 Å². The number of amides is 2. The third kappa shape index (κ3) is 2.76. The quantitative estimate of drug-likeness (QED) is 0.557. The van der Waals surface area contributed by atoms with Crippen molar-refractivity contribution in [3.63, 3.8) is 0 Å². The van der Waals surface area contributed by atoms with Crippen LogP contribution in [0.25, 0.3) is 0 Å². The van der Waals surface area contributed by atoms with E-state index in [1.54, 1.807) is 24.3 Å². The molecule has 5 rings (SSSR count). The predicted octanol–water partition coefficient (Wildman–Crippen LogP) is 3.79. The third-order valence-electron chi connectivity index (χ3n) is 7.00. The van der Waals surface area contributed by atoms with Gasteiger partial charge in [-0.3, -0.25) is 19.3 Å². The number of benzene rings is 2. The van der Waals surface area contributed by atoms with Gasteiger partial charge in [-0.05, 0) is 80.8 Å². The van der Waals surface area contributed by atoms with Crippen molar-refractivity contribution in [1.29, 1.82) is 0 Å². The molecular formula is C24H23ClN2O3. The van der Waals surface area contributed by atoms with Crippen LogP contribution in [0.3, 0.4) is 0 Å². The van der Waals surface area contributed by atoms with E-state index >= 15 is 0 Å². The number of imide groups is 1. The Balaban J connectivity index is 1.55. The summed E-state index contributed by atoms with van der Waals surface area (Å²) in [5, 5.41) is 0.558. The maximum absolute atomic E-state index is 13.5. The fraction of sp³-hybridized carbons (Fsp3) is 0.375. The molecule has 3 aliphatic rings. The van der Waals surface area contributed by atoms with Crippen molar-refractivity contribution in [2.75, 3.05) is 11.4 Å². The van der Waals surface area contributed by atoms with E-state index in [-0.39, 0.29) is 23.6 Å². The van der Waals surface area contributed by atoms with Crippen molar-refractivity contribution in [2.45, 2.75) is 38.8 Å². The van der Waals surface area contributed by atoms with E-state index in [0.29, 0.717) is 16.3 Å². The molecule has 2 aromatic carbocycles. The average molecular weight is 423 g/mol. The lowest BCUT2D eigenvalue weighted by molar-refractivity contribution is -0.123. The van der Waals surface area contributed by atoms with Crippen LogP contribution in [0.2, 0.25) is 5.02 Å². The summed E-state index contributed by atoms with van der Waals surface area (Å²) >= 11 is 5.98. The Bertz CT molecular complexity index is 1060. The zero-order valence-electron chi connectivity index (χ0n) is 17.0. The van der Waals surface area contributed by atoms with Gasteiger partial charge in [0.05, 0.1) is 23.6 Å². The van der Waals surface area contributed by atoms with E-state index in [0.717, 1.165) is 30.5 Å². The molecule has 30 heavy (non-hydrogen) atoms. The average Bonchev–Trinajstić information content (AvgIpc) is 3.36. The van der Waals surface area contributed by atoms with Crippen LogP contribution in [0.4, 0.5) is 5.69 Å². The summed E-state index contributed by atoms with van der Waals surface area (Å²) in [7, 11) is 0. The van der Waals surface area contributed by atoms with Gasteiger partial charge >= 0.3 is 0 Å². The number of rotatable bonds is 3. The van der Waals surface area contributed by atoms with Crippen LogP contribution in [0.5, 0.6) is 0 Å². The Labute approximate surface area is 180 Å². The number of hydrogen-bond donors (Lipinski definition) is 0. The van der Waals surface area contributed by atoms with Crippen LogP contribution in [0.1, 0.15) is 34.3 Å². The molecule has 154 valence electrons. The molecule has 3 aliphatic heterocycles. The molecule has 3 fully saturated rings. The molecule has 0 N–H and O–H groups in total. The molecule has 5 nitrogen and oxygen atoms in total. The van der Waals surface area contributed by atoms with Gasteiger partial charge in [0, 0.05) is 16.6 Å². The van der Waals surface area contributed by atoms with Gasteiger partial charge in [-0.25, -0.2) is 4.90 Å². The Hall–Kier alpha value is -2.50. The van der Waals surface area contributed by atoms with E-state index in [9.17, 15) is 14.4 Å². The molecule has 4 atom stereocenters. The SMILES string of the molecule is Cc1ccc(N2C(=O)[C@@H]3[C@H](C2=O)[C@H](C(=O)c2ccc(Cl)cc2)N2CCC[C@H]32)cc1C. The first-order chi connectivity index (χ1) is 14.4. The predicted molar refractivity (Wildman–Crippen MR) is 115 cm³/mol. The second-order valence-corrected chi connectivity index (χ2v) is 9.03. The lowest BCUT2D eigenvalue weighted by atomic mass is 9.85. The Morgan fingerprint density at radius 3 is 2.37 bits per heavy atom. The van der Waals surface area contributed by atoms with Gasteiger partial charge in [0.15, 0.2) is 5.78 Å². The number of anilines is 1. The second-order valence-electron chi connectivity index (χ2n) is 8.60. The lowest BCUT2D eigenvalue weighted by Crippen LogP contribution is -2.46. The molecule has 3 heterocycles. The normalized spacial score (nSPS) is 28.2. The molecular weight excluding hydrogens is 400 g/mol. The summed E-state index contributed by atoms with van der Waals surface area (Å²) in [5.74, 6) is -1.61. The van der Waals surface area contributed by atoms with Crippen LogP contribution in [0, 0.1) is 25.7 Å². The van der Waals surface area contributed by atoms with Gasteiger partial charge in [-0.1, -0.05) is 17.7 Å². The van der Waals surface area contributed by atoms with E-state index in [1.807, 2.05) is 32.0 Å². The van der Waals surface area contributed by atoms with Gasteiger partial charge < -0.3 is 0 Å². The van der Waals surface area contributed by atoms with Crippen LogP contribution >= 0.6 is 11.6 Å². The standard InChI is InChI=1S/C24H23ClN2O3/c1-13-5-10-17(12-14(13)2)27-23(29)19-18-4-3-11-26(18)21(20(19)24(27)30)22(28)15-6-8-16(25)9-7-15/h5-10,12,18-21H,3-4,11H2,1-2H3/t18-,19+,20+,21-/m1/s1. The first kappa shape index (κ1) is 19.5. The Morgan fingerprint density at radius 1 is 0.967 bits per heavy atom. The topological polar surface area (TPSA) is 57.7 Å². The van der Waals surface area contributed by atoms with Crippen LogP contribution in [0.15, 0.2) is 42.5 Å². The summed E-state index contributed by atoms with van der Waals surface area (Å²) in [6.45, 7) is 4.71. The number of aryl methyl sites for hydroxylation is 2. The van der Waals surface area contributed by atoms with Crippen molar-refractivity contribution in [2.24, 2.45) is 11.8 Å². The number of Topliss-reactive ketones (excluding diaryl/α,β-unsaturated/α-hetero) is 1. The summed E-state index contributed by atoms with van der Waals surface area (Å²) in [6, 6.07) is 11.8. The van der Waals surface area contributed by atoms with E-state index in [4.69, 9.17) is 11.6 Å². The number of hydrogen-bond acceptors (Lipinski definition) is 4. The maximum Gasteiger partial charge on any atom is 0.239 e. The van der Waals surface area contributed by atoms with Crippen molar-refractivity contribution in [1.82, 2.24) is 4.90 Å². The molecule has 0 aliphatic carbocycles. The molecule has 0 bridgehead atoms. The molecule has 6 heteroatoms. The highest BCUT2D eigenvalue weighted by molar-refractivity contribution is 6.30. The second kappa shape index (κ2) is 7.03. The van der Waals surface area contributed by atoms with Gasteiger partial charge in [-0.15, -0.1) is 0 Å². The minimum atomic E-state index is -0.632. The summed E-state index contributed by atoms with van der Waals surface area (Å²) < 4.78 is 0. The van der Waals surface area contributed by atoms with E-state index < -0.39 is 17.9 Å². The zero-order valence-corrected chi connectivity index (χ0v) is 17.7. The van der Waals surface area contributed by atoms with Crippen molar-refractivity contribution < 1.29 is 14.4 Å². The number of fused-ring (bicyclic) bond motifs is 3. The first-order valence-electron chi connectivity index (χ1n) is 10.4. The Morgan fingerprint density at radius 2 is 1.67 bits per heavy atom. The summed E-state index contributed by atoms with van der Waals surface area (Å²) in [6.07, 6.45) is 1.77. The molecule has 0 unspecified atom stereocenters. The molecule has 3 saturated heterocycles. The molecule has 2 aromatic rings. The Kier molecular flexibility index (Phi) is 4.56. The smallest absolute Gasteiger partial charge is 0.239 e. The summed E-state index contributed by atoms with van der Waals surface area (Å²) in [4.78, 5) is 43.9. The minimum absolute atomic E-state index is 0.0516. The molecule has 0 aromatic heterocycles. The largest absolute Gasteiger partial charge is 0.292 e. The third-order valence-corrected chi connectivity index (χ3v) is 7.25. The molecule has 0 saturated carbocycles. The number of ketones is 1. The minimum Gasteiger partial charge on any atom is -0.292 e. The highest BCUT2D eigenvalue weighted by Gasteiger charge is 2.64. The number of halogens is 1. The van der Waals surface area contributed by atoms with Crippen molar-refractivity contribution in [3.8, 4) is 0 Å². The highest BCUT2D eigenvalue weighted by atomic mass is 35.5. The number of carbonyl (C=O) groups excluding carboxylic acids is 3. The fourth-order valence-electron chi connectivity index (χ4n) is 5.42. The maximum atomic E-state index is 13.5. The van der Waals surface area contributed by atoms with E-state index in [1.165, 1.54) is 4.90 Å². The summed E-state index contributed by atoms with van der Waals surface area (Å²) in [5.41, 5.74) is 3.27. The highest BCUT2D eigenvalue weighted by Crippen LogP contribution is 2.48. The monoisotopic (exact) mass is 422 g/mol. The molecule has 2 amide bonds. The van der Waals surface area contributed by atoms with Gasteiger partial charge in [0.25, 0.3) is 0 Å².